The monoisotopic (exact) mass is 375 g/mol. The van der Waals surface area contributed by atoms with Crippen molar-refractivity contribution in [3.05, 3.63) is 77.4 Å². The molecule has 1 aliphatic rings. The SMILES string of the molecule is Cc1nn(-c2ccccc2)c(C)c1CN1CCCN(Cc2cccnc2)CC1. The van der Waals surface area contributed by atoms with Gasteiger partial charge in [0.05, 0.1) is 11.4 Å². The molecule has 0 bridgehead atoms. The van der Waals surface area contributed by atoms with E-state index in [1.807, 2.05) is 24.5 Å². The first-order valence-electron chi connectivity index (χ1n) is 10.1. The highest BCUT2D eigenvalue weighted by atomic mass is 15.3. The van der Waals surface area contributed by atoms with E-state index in [1.165, 1.54) is 23.2 Å². The zero-order valence-corrected chi connectivity index (χ0v) is 16.9. The fourth-order valence-corrected chi connectivity index (χ4v) is 4.04. The van der Waals surface area contributed by atoms with E-state index >= 15 is 0 Å². The van der Waals surface area contributed by atoms with Gasteiger partial charge in [-0.15, -0.1) is 0 Å². The number of rotatable bonds is 5. The third-order valence-corrected chi connectivity index (χ3v) is 5.63. The molecule has 1 fully saturated rings. The van der Waals surface area contributed by atoms with Crippen molar-refractivity contribution in [1.82, 2.24) is 24.6 Å². The van der Waals surface area contributed by atoms with Crippen LogP contribution in [0.2, 0.25) is 0 Å². The summed E-state index contributed by atoms with van der Waals surface area (Å²) in [5.74, 6) is 0. The Morgan fingerprint density at radius 1 is 0.857 bits per heavy atom. The molecular weight excluding hydrogens is 346 g/mol. The van der Waals surface area contributed by atoms with Crippen LogP contribution in [0.4, 0.5) is 0 Å². The second-order valence-corrected chi connectivity index (χ2v) is 7.66. The van der Waals surface area contributed by atoms with Gasteiger partial charge in [0.15, 0.2) is 0 Å². The van der Waals surface area contributed by atoms with Crippen molar-refractivity contribution in [2.45, 2.75) is 33.4 Å². The summed E-state index contributed by atoms with van der Waals surface area (Å²) >= 11 is 0. The number of nitrogens with zero attached hydrogens (tertiary/aromatic N) is 5. The summed E-state index contributed by atoms with van der Waals surface area (Å²) in [4.78, 5) is 9.37. The van der Waals surface area contributed by atoms with Crippen molar-refractivity contribution in [2.24, 2.45) is 0 Å². The summed E-state index contributed by atoms with van der Waals surface area (Å²) in [6, 6.07) is 14.6. The maximum Gasteiger partial charge on any atom is 0.0648 e. The molecule has 1 aromatic carbocycles. The first kappa shape index (κ1) is 18.8. The van der Waals surface area contributed by atoms with E-state index in [2.05, 4.69) is 63.6 Å². The molecule has 0 amide bonds. The standard InChI is InChI=1S/C23H29N5/c1-19-23(20(2)28(25-19)22-9-4-3-5-10-22)18-27-13-7-12-26(14-15-27)17-21-8-6-11-24-16-21/h3-6,8-11,16H,7,12-15,17-18H2,1-2H3. The molecule has 1 aliphatic heterocycles. The normalized spacial score (nSPS) is 16.2. The summed E-state index contributed by atoms with van der Waals surface area (Å²) in [5.41, 5.74) is 6.18. The first-order chi connectivity index (χ1) is 13.7. The number of hydrogen-bond acceptors (Lipinski definition) is 4. The molecule has 2 aromatic heterocycles. The van der Waals surface area contributed by atoms with E-state index < -0.39 is 0 Å². The third-order valence-electron chi connectivity index (χ3n) is 5.63. The maximum absolute atomic E-state index is 4.81. The van der Waals surface area contributed by atoms with Crippen LogP contribution in [-0.4, -0.2) is 50.7 Å². The molecule has 0 aliphatic carbocycles. The van der Waals surface area contributed by atoms with Crippen molar-refractivity contribution < 1.29 is 0 Å². The predicted molar refractivity (Wildman–Crippen MR) is 112 cm³/mol. The van der Waals surface area contributed by atoms with E-state index in [9.17, 15) is 0 Å². The van der Waals surface area contributed by atoms with E-state index in [-0.39, 0.29) is 0 Å². The highest BCUT2D eigenvalue weighted by Crippen LogP contribution is 2.20. The minimum absolute atomic E-state index is 0.977. The minimum Gasteiger partial charge on any atom is -0.298 e. The van der Waals surface area contributed by atoms with Crippen LogP contribution < -0.4 is 0 Å². The van der Waals surface area contributed by atoms with Gasteiger partial charge >= 0.3 is 0 Å². The van der Waals surface area contributed by atoms with Gasteiger partial charge in [-0.3, -0.25) is 14.8 Å². The van der Waals surface area contributed by atoms with Crippen LogP contribution in [0.5, 0.6) is 0 Å². The first-order valence-corrected chi connectivity index (χ1v) is 10.1. The van der Waals surface area contributed by atoms with Gasteiger partial charge in [-0.1, -0.05) is 24.3 Å². The Bertz CT molecular complexity index is 888. The average Bonchev–Trinajstić information content (AvgIpc) is 2.87. The lowest BCUT2D eigenvalue weighted by Gasteiger charge is -2.22. The topological polar surface area (TPSA) is 37.2 Å². The summed E-state index contributed by atoms with van der Waals surface area (Å²) in [5, 5.41) is 4.81. The molecule has 3 heterocycles. The number of aromatic nitrogens is 3. The van der Waals surface area contributed by atoms with Gasteiger partial charge in [0.25, 0.3) is 0 Å². The smallest absolute Gasteiger partial charge is 0.0648 e. The summed E-state index contributed by atoms with van der Waals surface area (Å²) in [6.45, 7) is 10.8. The van der Waals surface area contributed by atoms with Crippen LogP contribution in [0.3, 0.4) is 0 Å². The summed E-state index contributed by atoms with van der Waals surface area (Å²) in [7, 11) is 0. The fourth-order valence-electron chi connectivity index (χ4n) is 4.04. The van der Waals surface area contributed by atoms with Crippen molar-refractivity contribution in [3.63, 3.8) is 0 Å². The number of aryl methyl sites for hydroxylation is 1. The lowest BCUT2D eigenvalue weighted by atomic mass is 10.1. The van der Waals surface area contributed by atoms with Crippen molar-refractivity contribution in [1.29, 1.82) is 0 Å². The number of benzene rings is 1. The lowest BCUT2D eigenvalue weighted by Crippen LogP contribution is -2.30. The van der Waals surface area contributed by atoms with Crippen LogP contribution in [0.1, 0.15) is 28.9 Å². The molecule has 0 radical (unpaired) electrons. The van der Waals surface area contributed by atoms with Crippen LogP contribution >= 0.6 is 0 Å². The Kier molecular flexibility index (Phi) is 5.84. The van der Waals surface area contributed by atoms with Crippen molar-refractivity contribution >= 4 is 0 Å². The average molecular weight is 376 g/mol. The Hall–Kier alpha value is -2.50. The van der Waals surface area contributed by atoms with Crippen LogP contribution in [0.25, 0.3) is 5.69 Å². The van der Waals surface area contributed by atoms with Crippen LogP contribution in [0, 0.1) is 13.8 Å². The van der Waals surface area contributed by atoms with E-state index in [4.69, 9.17) is 5.10 Å². The van der Waals surface area contributed by atoms with Gasteiger partial charge in [0, 0.05) is 49.8 Å². The molecular formula is C23H29N5. The molecule has 5 nitrogen and oxygen atoms in total. The van der Waals surface area contributed by atoms with Gasteiger partial charge in [-0.05, 0) is 57.1 Å². The molecule has 28 heavy (non-hydrogen) atoms. The highest BCUT2D eigenvalue weighted by Gasteiger charge is 2.19. The fraction of sp³-hybridized carbons (Fsp3) is 0.391. The Morgan fingerprint density at radius 3 is 2.32 bits per heavy atom. The Morgan fingerprint density at radius 2 is 1.61 bits per heavy atom. The molecule has 0 unspecified atom stereocenters. The minimum atomic E-state index is 0.977. The number of hydrogen-bond donors (Lipinski definition) is 0. The van der Waals surface area contributed by atoms with Gasteiger partial charge in [0.2, 0.25) is 0 Å². The van der Waals surface area contributed by atoms with Crippen molar-refractivity contribution in [3.8, 4) is 5.69 Å². The van der Waals surface area contributed by atoms with Gasteiger partial charge in [0.1, 0.15) is 0 Å². The van der Waals surface area contributed by atoms with Gasteiger partial charge in [-0.2, -0.15) is 5.10 Å². The molecule has 4 rings (SSSR count). The molecule has 1 saturated heterocycles. The molecule has 146 valence electrons. The van der Waals surface area contributed by atoms with Gasteiger partial charge in [-0.25, -0.2) is 4.68 Å². The third kappa shape index (κ3) is 4.32. The zero-order chi connectivity index (χ0) is 19.3. The molecule has 0 saturated carbocycles. The largest absolute Gasteiger partial charge is 0.298 e. The lowest BCUT2D eigenvalue weighted by molar-refractivity contribution is 0.246. The summed E-state index contributed by atoms with van der Waals surface area (Å²) in [6.07, 6.45) is 5.02. The van der Waals surface area contributed by atoms with E-state index in [1.54, 1.807) is 0 Å². The molecule has 3 aromatic rings. The van der Waals surface area contributed by atoms with E-state index in [0.29, 0.717) is 0 Å². The molecule has 0 spiro atoms. The maximum atomic E-state index is 4.81. The quantitative estimate of drug-likeness (QED) is 0.683. The molecule has 0 atom stereocenters. The Balaban J connectivity index is 1.42. The molecule has 5 heteroatoms. The highest BCUT2D eigenvalue weighted by molar-refractivity contribution is 5.36. The second-order valence-electron chi connectivity index (χ2n) is 7.66. The van der Waals surface area contributed by atoms with Crippen molar-refractivity contribution in [2.75, 3.05) is 26.2 Å². The number of para-hydroxylation sites is 1. The van der Waals surface area contributed by atoms with Crippen LogP contribution in [0.15, 0.2) is 54.9 Å². The zero-order valence-electron chi connectivity index (χ0n) is 16.9. The van der Waals surface area contributed by atoms with E-state index in [0.717, 1.165) is 50.6 Å². The number of pyridine rings is 1. The Labute approximate surface area is 167 Å². The molecule has 0 N–H and O–H groups in total. The van der Waals surface area contributed by atoms with Gasteiger partial charge < -0.3 is 0 Å². The van der Waals surface area contributed by atoms with Crippen LogP contribution in [-0.2, 0) is 13.1 Å². The second kappa shape index (κ2) is 8.67. The predicted octanol–water partition coefficient (Wildman–Crippen LogP) is 3.59. The summed E-state index contributed by atoms with van der Waals surface area (Å²) < 4.78 is 2.08.